The van der Waals surface area contributed by atoms with E-state index in [1.165, 1.54) is 0 Å². The van der Waals surface area contributed by atoms with Gasteiger partial charge in [-0.25, -0.2) is 4.79 Å². The van der Waals surface area contributed by atoms with Gasteiger partial charge in [0.05, 0.1) is 12.7 Å². The number of aryl methyl sites for hydroxylation is 1. The summed E-state index contributed by atoms with van der Waals surface area (Å²) in [6.45, 7) is 5.69. The third kappa shape index (κ3) is 4.53. The van der Waals surface area contributed by atoms with E-state index in [9.17, 15) is 4.79 Å². The Balaban J connectivity index is 2.09. The molecule has 2 unspecified atom stereocenters. The maximum atomic E-state index is 12.2. The van der Waals surface area contributed by atoms with Crippen molar-refractivity contribution < 1.29 is 14.3 Å². The predicted molar refractivity (Wildman–Crippen MR) is 85.2 cm³/mol. The number of carbonyl (C=O) groups is 1. The Bertz CT molecular complexity index is 486. The summed E-state index contributed by atoms with van der Waals surface area (Å²) >= 11 is 3.48. The van der Waals surface area contributed by atoms with Crippen LogP contribution in [-0.4, -0.2) is 31.8 Å². The minimum atomic E-state index is -0.444. The Hall–Kier alpha value is -0.910. The van der Waals surface area contributed by atoms with Gasteiger partial charge in [-0.3, -0.25) is 5.32 Å². The molecule has 1 aliphatic heterocycles. The molecule has 1 heterocycles. The van der Waals surface area contributed by atoms with Crippen molar-refractivity contribution in [1.29, 1.82) is 0 Å². The van der Waals surface area contributed by atoms with E-state index in [4.69, 9.17) is 9.47 Å². The topological polar surface area (TPSA) is 47.6 Å². The van der Waals surface area contributed by atoms with Gasteiger partial charge >= 0.3 is 5.97 Å². The van der Waals surface area contributed by atoms with E-state index in [0.717, 1.165) is 35.0 Å². The molecule has 5 heteroatoms. The largest absolute Gasteiger partial charge is 0.465 e. The van der Waals surface area contributed by atoms with Gasteiger partial charge in [0.15, 0.2) is 0 Å². The maximum Gasteiger partial charge on any atom is 0.327 e. The van der Waals surface area contributed by atoms with Crippen molar-refractivity contribution in [2.45, 2.75) is 38.8 Å². The Morgan fingerprint density at radius 3 is 3.00 bits per heavy atom. The lowest BCUT2D eigenvalue weighted by molar-refractivity contribution is -0.146. The van der Waals surface area contributed by atoms with E-state index in [0.29, 0.717) is 13.2 Å². The highest BCUT2D eigenvalue weighted by Gasteiger charge is 2.24. The molecule has 1 aromatic rings. The van der Waals surface area contributed by atoms with Gasteiger partial charge in [0.1, 0.15) is 6.04 Å². The summed E-state index contributed by atoms with van der Waals surface area (Å²) in [6.07, 6.45) is 2.33. The number of ether oxygens (including phenoxy) is 2. The van der Waals surface area contributed by atoms with Crippen LogP contribution < -0.4 is 5.32 Å². The van der Waals surface area contributed by atoms with Crippen LogP contribution in [-0.2, 0) is 14.3 Å². The predicted octanol–water partition coefficient (Wildman–Crippen LogP) is 3.13. The molecule has 0 radical (unpaired) electrons. The van der Waals surface area contributed by atoms with Crippen LogP contribution in [0.4, 0.5) is 0 Å². The fourth-order valence-electron chi connectivity index (χ4n) is 2.46. The summed E-state index contributed by atoms with van der Waals surface area (Å²) in [4.78, 5) is 12.2. The zero-order chi connectivity index (χ0) is 15.2. The average molecular weight is 356 g/mol. The van der Waals surface area contributed by atoms with Crippen LogP contribution >= 0.6 is 15.9 Å². The Morgan fingerprint density at radius 1 is 1.57 bits per heavy atom. The number of rotatable bonds is 6. The molecule has 0 bridgehead atoms. The van der Waals surface area contributed by atoms with Crippen molar-refractivity contribution in [2.24, 2.45) is 0 Å². The Morgan fingerprint density at radius 2 is 2.38 bits per heavy atom. The van der Waals surface area contributed by atoms with Gasteiger partial charge in [-0.15, -0.1) is 0 Å². The molecule has 0 aromatic heterocycles. The molecule has 4 nitrogen and oxygen atoms in total. The summed E-state index contributed by atoms with van der Waals surface area (Å²) in [5.41, 5.74) is 2.02. The van der Waals surface area contributed by atoms with Crippen LogP contribution in [0.2, 0.25) is 0 Å². The number of carbonyl (C=O) groups excluding carboxylic acids is 1. The second-order valence-electron chi connectivity index (χ2n) is 5.24. The second kappa shape index (κ2) is 7.92. The van der Waals surface area contributed by atoms with Crippen molar-refractivity contribution in [3.8, 4) is 0 Å². The lowest BCUT2D eigenvalue weighted by Crippen LogP contribution is -2.35. The van der Waals surface area contributed by atoms with Gasteiger partial charge in [-0.2, -0.15) is 0 Å². The number of halogens is 1. The van der Waals surface area contributed by atoms with Crippen LogP contribution in [0.25, 0.3) is 0 Å². The van der Waals surface area contributed by atoms with Crippen LogP contribution in [0, 0.1) is 6.92 Å². The Kier molecular flexibility index (Phi) is 6.21. The van der Waals surface area contributed by atoms with E-state index in [2.05, 4.69) is 21.2 Å². The van der Waals surface area contributed by atoms with Gasteiger partial charge in [0, 0.05) is 17.6 Å². The van der Waals surface area contributed by atoms with Crippen molar-refractivity contribution in [3.63, 3.8) is 0 Å². The smallest absolute Gasteiger partial charge is 0.327 e. The average Bonchev–Trinajstić information content (AvgIpc) is 2.96. The fraction of sp³-hybridized carbons (Fsp3) is 0.562. The van der Waals surface area contributed by atoms with E-state index in [-0.39, 0.29) is 12.1 Å². The fourth-order valence-corrected chi connectivity index (χ4v) is 2.71. The lowest BCUT2D eigenvalue weighted by atomic mass is 10.0. The highest BCUT2D eigenvalue weighted by Crippen LogP contribution is 2.23. The quantitative estimate of drug-likeness (QED) is 0.796. The zero-order valence-electron chi connectivity index (χ0n) is 12.5. The van der Waals surface area contributed by atoms with Crippen LogP contribution in [0.15, 0.2) is 22.7 Å². The molecule has 2 atom stereocenters. The summed E-state index contributed by atoms with van der Waals surface area (Å²) in [5.74, 6) is -0.239. The van der Waals surface area contributed by atoms with E-state index >= 15 is 0 Å². The van der Waals surface area contributed by atoms with Crippen molar-refractivity contribution >= 4 is 21.9 Å². The van der Waals surface area contributed by atoms with Crippen LogP contribution in [0.1, 0.15) is 36.9 Å². The van der Waals surface area contributed by atoms with E-state index in [1.54, 1.807) is 0 Å². The molecule has 0 aliphatic carbocycles. The first-order valence-corrected chi connectivity index (χ1v) is 8.18. The first-order valence-electron chi connectivity index (χ1n) is 7.39. The number of hydrogen-bond donors (Lipinski definition) is 1. The summed E-state index contributed by atoms with van der Waals surface area (Å²) in [7, 11) is 0. The minimum Gasteiger partial charge on any atom is -0.465 e. The van der Waals surface area contributed by atoms with Gasteiger partial charge in [0.25, 0.3) is 0 Å². The molecule has 21 heavy (non-hydrogen) atoms. The number of hydrogen-bond acceptors (Lipinski definition) is 4. The molecule has 116 valence electrons. The standard InChI is InChI=1S/C16H22BrNO3/c1-3-20-16(19)15(18-10-13-5-4-8-21-13)12-6-7-14(17)11(2)9-12/h6-7,9,13,15,18H,3-5,8,10H2,1-2H3. The van der Waals surface area contributed by atoms with E-state index in [1.807, 2.05) is 32.0 Å². The van der Waals surface area contributed by atoms with Gasteiger partial charge < -0.3 is 9.47 Å². The normalized spacial score (nSPS) is 19.5. The molecule has 1 aliphatic rings. The van der Waals surface area contributed by atoms with Crippen LogP contribution in [0.3, 0.4) is 0 Å². The lowest BCUT2D eigenvalue weighted by Gasteiger charge is -2.20. The van der Waals surface area contributed by atoms with Gasteiger partial charge in [-0.05, 0) is 43.9 Å². The molecule has 1 N–H and O–H groups in total. The molecule has 1 aromatic carbocycles. The van der Waals surface area contributed by atoms with Gasteiger partial charge in [-0.1, -0.05) is 28.1 Å². The number of esters is 1. The van der Waals surface area contributed by atoms with Gasteiger partial charge in [0.2, 0.25) is 0 Å². The molecule has 1 fully saturated rings. The third-order valence-corrected chi connectivity index (χ3v) is 4.50. The summed E-state index contributed by atoms with van der Waals surface area (Å²) < 4.78 is 11.8. The molecule has 0 saturated carbocycles. The highest BCUT2D eigenvalue weighted by molar-refractivity contribution is 9.10. The first-order chi connectivity index (χ1) is 10.1. The molecule has 2 rings (SSSR count). The minimum absolute atomic E-state index is 0.193. The summed E-state index contributed by atoms with van der Waals surface area (Å²) in [6, 6.07) is 5.47. The first kappa shape index (κ1) is 16.5. The zero-order valence-corrected chi connectivity index (χ0v) is 14.1. The maximum absolute atomic E-state index is 12.2. The van der Waals surface area contributed by atoms with Crippen molar-refractivity contribution in [2.75, 3.05) is 19.8 Å². The number of nitrogens with one attached hydrogen (secondary N) is 1. The monoisotopic (exact) mass is 355 g/mol. The number of benzene rings is 1. The second-order valence-corrected chi connectivity index (χ2v) is 6.09. The molecule has 0 spiro atoms. The van der Waals surface area contributed by atoms with Crippen LogP contribution in [0.5, 0.6) is 0 Å². The third-order valence-electron chi connectivity index (χ3n) is 3.61. The molecular formula is C16H22BrNO3. The molecular weight excluding hydrogens is 334 g/mol. The molecule has 0 amide bonds. The highest BCUT2D eigenvalue weighted by atomic mass is 79.9. The molecule has 1 saturated heterocycles. The van der Waals surface area contributed by atoms with Crippen molar-refractivity contribution in [3.05, 3.63) is 33.8 Å². The Labute approximate surface area is 134 Å². The van der Waals surface area contributed by atoms with Crippen molar-refractivity contribution in [1.82, 2.24) is 5.32 Å². The van der Waals surface area contributed by atoms with E-state index < -0.39 is 6.04 Å². The SMILES string of the molecule is CCOC(=O)C(NCC1CCCO1)c1ccc(Br)c(C)c1. The summed E-state index contributed by atoms with van der Waals surface area (Å²) in [5, 5.41) is 3.29.